The van der Waals surface area contributed by atoms with Crippen LogP contribution in [0, 0.1) is 5.41 Å². The first-order chi connectivity index (χ1) is 11.9. The zero-order valence-corrected chi connectivity index (χ0v) is 16.9. The molecule has 1 heterocycles. The molecule has 2 aromatic rings. The lowest BCUT2D eigenvalue weighted by molar-refractivity contribution is -0.114. The first-order valence-electron chi connectivity index (χ1n) is 7.26. The fourth-order valence-electron chi connectivity index (χ4n) is 2.59. The Balaban J connectivity index is 1.83. The number of nitrogens with one attached hydrogen (secondary N) is 1. The van der Waals surface area contributed by atoms with E-state index in [9.17, 15) is 9.59 Å². The average molecular weight is 483 g/mol. The van der Waals surface area contributed by atoms with Crippen molar-refractivity contribution in [3.8, 4) is 0 Å². The number of carbonyl (C=O) groups excluding carboxylic acids is 2. The summed E-state index contributed by atoms with van der Waals surface area (Å²) in [6, 6.07) is 11.2. The van der Waals surface area contributed by atoms with Gasteiger partial charge in [-0.3, -0.25) is 19.9 Å². The topological polar surface area (TPSA) is 87.2 Å². The second kappa shape index (κ2) is 7.31. The maximum Gasteiger partial charge on any atom is 0.299 e. The highest BCUT2D eigenvalue weighted by Gasteiger charge is 2.37. The Morgan fingerprint density at radius 2 is 1.76 bits per heavy atom. The Kier molecular flexibility index (Phi) is 5.31. The first kappa shape index (κ1) is 18.2. The van der Waals surface area contributed by atoms with Crippen LogP contribution in [0.5, 0.6) is 0 Å². The van der Waals surface area contributed by atoms with Crippen LogP contribution in [0.2, 0.25) is 0 Å². The maximum atomic E-state index is 12.4. The minimum atomic E-state index is -0.523. The number of Topliss-reactive ketones (excluding diaryl/α,β-unsaturated/α-hetero) is 1. The molecule has 0 unspecified atom stereocenters. The summed E-state index contributed by atoms with van der Waals surface area (Å²) >= 11 is 8.05. The van der Waals surface area contributed by atoms with Crippen LogP contribution >= 0.6 is 43.6 Å². The third-order valence-electron chi connectivity index (χ3n) is 3.74. The predicted octanol–water partition coefficient (Wildman–Crippen LogP) is 4.07. The summed E-state index contributed by atoms with van der Waals surface area (Å²) in [4.78, 5) is 26.1. The van der Waals surface area contributed by atoms with Crippen molar-refractivity contribution in [3.05, 3.63) is 62.0 Å². The zero-order chi connectivity index (χ0) is 18.1. The second-order valence-corrected chi connectivity index (χ2v) is 8.26. The number of ketones is 1. The Morgan fingerprint density at radius 3 is 2.40 bits per heavy atom. The van der Waals surface area contributed by atoms with E-state index in [0.29, 0.717) is 28.0 Å². The third kappa shape index (κ3) is 3.80. The van der Waals surface area contributed by atoms with Crippen molar-refractivity contribution in [2.24, 2.45) is 5.73 Å². The SMILES string of the molecule is N=C(N)SCc1ccc(CN2C(=O)C(=O)c3cc(Br)cc(Br)c32)cc1. The molecule has 1 aliphatic heterocycles. The van der Waals surface area contributed by atoms with Gasteiger partial charge in [-0.25, -0.2) is 0 Å². The van der Waals surface area contributed by atoms with E-state index in [0.717, 1.165) is 15.6 Å². The molecule has 0 fully saturated rings. The van der Waals surface area contributed by atoms with E-state index in [-0.39, 0.29) is 5.17 Å². The van der Waals surface area contributed by atoms with Crippen molar-refractivity contribution in [1.29, 1.82) is 5.41 Å². The molecule has 3 rings (SSSR count). The lowest BCUT2D eigenvalue weighted by atomic mass is 10.1. The number of thioether (sulfide) groups is 1. The van der Waals surface area contributed by atoms with Gasteiger partial charge in [-0.2, -0.15) is 0 Å². The van der Waals surface area contributed by atoms with Gasteiger partial charge in [0, 0.05) is 14.7 Å². The highest BCUT2D eigenvalue weighted by Crippen LogP contribution is 2.39. The number of amides is 1. The van der Waals surface area contributed by atoms with Crippen LogP contribution in [0.4, 0.5) is 5.69 Å². The smallest absolute Gasteiger partial charge is 0.299 e. The minimum absolute atomic E-state index is 0.0814. The molecule has 0 saturated heterocycles. The van der Waals surface area contributed by atoms with E-state index in [1.165, 1.54) is 16.7 Å². The van der Waals surface area contributed by atoms with Crippen LogP contribution in [0.1, 0.15) is 21.5 Å². The van der Waals surface area contributed by atoms with Crippen molar-refractivity contribution in [2.75, 3.05) is 4.90 Å². The molecule has 1 aliphatic rings. The average Bonchev–Trinajstić information content (AvgIpc) is 2.79. The van der Waals surface area contributed by atoms with E-state index in [4.69, 9.17) is 11.1 Å². The number of hydrogen-bond acceptors (Lipinski definition) is 4. The van der Waals surface area contributed by atoms with Gasteiger partial charge in [0.05, 0.1) is 17.8 Å². The normalized spacial score (nSPS) is 13.3. The predicted molar refractivity (Wildman–Crippen MR) is 107 cm³/mol. The van der Waals surface area contributed by atoms with Gasteiger partial charge in [-0.05, 0) is 39.2 Å². The summed E-state index contributed by atoms with van der Waals surface area (Å²) in [5.41, 5.74) is 8.31. The number of benzene rings is 2. The second-order valence-electron chi connectivity index (χ2n) is 5.47. The van der Waals surface area contributed by atoms with Gasteiger partial charge in [-0.1, -0.05) is 52.0 Å². The van der Waals surface area contributed by atoms with E-state index in [1.54, 1.807) is 6.07 Å². The third-order valence-corrected chi connectivity index (χ3v) is 5.59. The fraction of sp³-hybridized carbons (Fsp3) is 0.118. The van der Waals surface area contributed by atoms with Crippen molar-refractivity contribution < 1.29 is 9.59 Å². The van der Waals surface area contributed by atoms with E-state index in [1.807, 2.05) is 30.3 Å². The molecule has 0 spiro atoms. The van der Waals surface area contributed by atoms with Crippen molar-refractivity contribution in [2.45, 2.75) is 12.3 Å². The summed E-state index contributed by atoms with van der Waals surface area (Å²) in [6.07, 6.45) is 0. The first-order valence-corrected chi connectivity index (χ1v) is 9.84. The number of nitrogens with zero attached hydrogens (tertiary/aromatic N) is 1. The molecule has 0 saturated carbocycles. The molecular formula is C17H13Br2N3O2S. The molecule has 0 atom stereocenters. The molecule has 1 amide bonds. The molecule has 0 aromatic heterocycles. The van der Waals surface area contributed by atoms with Gasteiger partial charge in [0.1, 0.15) is 0 Å². The van der Waals surface area contributed by atoms with E-state index < -0.39 is 11.7 Å². The van der Waals surface area contributed by atoms with Gasteiger partial charge in [-0.15, -0.1) is 0 Å². The zero-order valence-electron chi connectivity index (χ0n) is 12.9. The number of amidine groups is 1. The van der Waals surface area contributed by atoms with Crippen molar-refractivity contribution in [1.82, 2.24) is 0 Å². The molecule has 5 nitrogen and oxygen atoms in total. The summed E-state index contributed by atoms with van der Waals surface area (Å²) in [5, 5.41) is 7.32. The number of hydrogen-bond donors (Lipinski definition) is 2. The molecule has 3 N–H and O–H groups in total. The van der Waals surface area contributed by atoms with Crippen molar-refractivity contribution >= 4 is 66.2 Å². The Morgan fingerprint density at radius 1 is 1.12 bits per heavy atom. The van der Waals surface area contributed by atoms with E-state index >= 15 is 0 Å². The number of rotatable bonds is 4. The van der Waals surface area contributed by atoms with Crippen LogP contribution in [0.15, 0.2) is 45.3 Å². The number of anilines is 1. The van der Waals surface area contributed by atoms with Crippen LogP contribution < -0.4 is 10.6 Å². The summed E-state index contributed by atoms with van der Waals surface area (Å²) in [6.45, 7) is 0.317. The highest BCUT2D eigenvalue weighted by molar-refractivity contribution is 9.11. The quantitative estimate of drug-likeness (QED) is 0.390. The summed E-state index contributed by atoms with van der Waals surface area (Å²) in [7, 11) is 0. The van der Waals surface area contributed by atoms with Crippen LogP contribution in [0.25, 0.3) is 0 Å². The number of halogens is 2. The molecule has 128 valence electrons. The number of nitrogens with two attached hydrogens (primary N) is 1. The van der Waals surface area contributed by atoms with Gasteiger partial charge >= 0.3 is 0 Å². The molecule has 0 aliphatic carbocycles. The monoisotopic (exact) mass is 481 g/mol. The molecule has 0 bridgehead atoms. The van der Waals surface area contributed by atoms with Gasteiger partial charge in [0.15, 0.2) is 5.17 Å². The Hall–Kier alpha value is -1.64. The maximum absolute atomic E-state index is 12.4. The van der Waals surface area contributed by atoms with Crippen LogP contribution in [0.3, 0.4) is 0 Å². The molecule has 25 heavy (non-hydrogen) atoms. The Labute approximate surface area is 165 Å². The standard InChI is InChI=1S/C17H13Br2N3O2S/c18-11-5-12-14(13(19)6-11)22(16(24)15(12)23)7-9-1-3-10(4-2-9)8-25-17(20)21/h1-6H,7-8H2,(H3,20,21). The number of fused-ring (bicyclic) bond motifs is 1. The largest absolute Gasteiger partial charge is 0.379 e. The van der Waals surface area contributed by atoms with Crippen molar-refractivity contribution in [3.63, 3.8) is 0 Å². The lowest BCUT2D eigenvalue weighted by Gasteiger charge is -2.18. The molecular weight excluding hydrogens is 470 g/mol. The highest BCUT2D eigenvalue weighted by atomic mass is 79.9. The van der Waals surface area contributed by atoms with Gasteiger partial charge in [0.25, 0.3) is 11.7 Å². The van der Waals surface area contributed by atoms with Crippen LogP contribution in [-0.2, 0) is 17.1 Å². The molecule has 2 aromatic carbocycles. The van der Waals surface area contributed by atoms with Gasteiger partial charge in [0.2, 0.25) is 0 Å². The molecule has 0 radical (unpaired) electrons. The minimum Gasteiger partial charge on any atom is -0.379 e. The summed E-state index contributed by atoms with van der Waals surface area (Å²) < 4.78 is 1.44. The fourth-order valence-corrected chi connectivity index (χ4v) is 4.54. The van der Waals surface area contributed by atoms with Crippen LogP contribution in [-0.4, -0.2) is 16.9 Å². The van der Waals surface area contributed by atoms with E-state index in [2.05, 4.69) is 31.9 Å². The van der Waals surface area contributed by atoms with Gasteiger partial charge < -0.3 is 5.73 Å². The number of carbonyl (C=O) groups is 2. The molecule has 8 heteroatoms. The lowest BCUT2D eigenvalue weighted by Crippen LogP contribution is -2.29. The summed E-state index contributed by atoms with van der Waals surface area (Å²) in [5.74, 6) is -0.393. The Bertz CT molecular complexity index is 884.